The molecule has 0 radical (unpaired) electrons. The number of ether oxygens (including phenoxy) is 1. The Balaban J connectivity index is 1.39. The van der Waals surface area contributed by atoms with Crippen LogP contribution in [0.3, 0.4) is 0 Å². The molecule has 0 N–H and O–H groups in total. The Morgan fingerprint density at radius 3 is 2.58 bits per heavy atom. The molecule has 2 aromatic carbocycles. The lowest BCUT2D eigenvalue weighted by molar-refractivity contribution is 0.0632. The van der Waals surface area contributed by atoms with Crippen molar-refractivity contribution < 1.29 is 22.4 Å². The summed E-state index contributed by atoms with van der Waals surface area (Å²) < 4.78 is 40.9. The van der Waals surface area contributed by atoms with Gasteiger partial charge in [0.15, 0.2) is 0 Å². The van der Waals surface area contributed by atoms with Crippen molar-refractivity contribution in [3.63, 3.8) is 0 Å². The Hall–Kier alpha value is -3.56. The zero-order valence-electron chi connectivity index (χ0n) is 20.5. The predicted octanol–water partition coefficient (Wildman–Crippen LogP) is 4.13. The number of rotatable bonds is 6. The van der Waals surface area contributed by atoms with Gasteiger partial charge in [-0.25, -0.2) is 8.42 Å². The summed E-state index contributed by atoms with van der Waals surface area (Å²) in [6, 6.07) is 17.9. The third-order valence-corrected chi connectivity index (χ3v) is 8.71. The van der Waals surface area contributed by atoms with Crippen LogP contribution in [-0.2, 0) is 16.6 Å². The summed E-state index contributed by atoms with van der Waals surface area (Å²) in [5, 5.41) is 0.842. The van der Waals surface area contributed by atoms with E-state index in [9.17, 15) is 13.2 Å². The van der Waals surface area contributed by atoms with E-state index in [0.29, 0.717) is 31.0 Å². The number of amides is 1. The molecule has 1 aliphatic heterocycles. The van der Waals surface area contributed by atoms with Crippen molar-refractivity contribution in [2.75, 3.05) is 26.7 Å². The minimum Gasteiger partial charge on any atom is -0.497 e. The van der Waals surface area contributed by atoms with Crippen LogP contribution in [0.4, 0.5) is 0 Å². The molecule has 0 bridgehead atoms. The van der Waals surface area contributed by atoms with Gasteiger partial charge in [0.25, 0.3) is 5.91 Å². The van der Waals surface area contributed by atoms with Gasteiger partial charge < -0.3 is 18.6 Å². The molecule has 2 aromatic heterocycles. The molecule has 5 rings (SSSR count). The number of nitrogens with zero attached hydrogens (tertiary/aromatic N) is 3. The van der Waals surface area contributed by atoms with Crippen LogP contribution in [0.25, 0.3) is 11.1 Å². The second-order valence-corrected chi connectivity index (χ2v) is 11.1. The third kappa shape index (κ3) is 4.40. The second kappa shape index (κ2) is 9.48. The van der Waals surface area contributed by atoms with Gasteiger partial charge in [0, 0.05) is 31.1 Å². The van der Waals surface area contributed by atoms with Gasteiger partial charge in [-0.15, -0.1) is 0 Å². The molecule has 1 atom stereocenters. The highest BCUT2D eigenvalue weighted by molar-refractivity contribution is 7.89. The second-order valence-electron chi connectivity index (χ2n) is 9.18. The van der Waals surface area contributed by atoms with E-state index in [0.717, 1.165) is 22.3 Å². The maximum Gasteiger partial charge on any atom is 0.270 e. The van der Waals surface area contributed by atoms with Crippen molar-refractivity contribution in [2.45, 2.75) is 31.3 Å². The molecule has 3 heterocycles. The van der Waals surface area contributed by atoms with Gasteiger partial charge >= 0.3 is 0 Å². The number of benzene rings is 2. The van der Waals surface area contributed by atoms with Crippen LogP contribution in [-0.4, -0.2) is 60.9 Å². The Morgan fingerprint density at radius 1 is 1.08 bits per heavy atom. The summed E-state index contributed by atoms with van der Waals surface area (Å²) in [6.07, 6.45) is 1.61. The molecule has 1 aliphatic rings. The van der Waals surface area contributed by atoms with Crippen LogP contribution in [0.2, 0.25) is 0 Å². The minimum absolute atomic E-state index is 0.150. The van der Waals surface area contributed by atoms with Crippen molar-refractivity contribution in [2.24, 2.45) is 0 Å². The SMILES string of the molecule is COc1cccc(Cn2c(C(=O)N3CCN(S(=O)(=O)c4ccc(C)cc4)C(C)C3)cc3ccoc32)c1. The number of fused-ring (bicyclic) bond motifs is 1. The van der Waals surface area contributed by atoms with Crippen molar-refractivity contribution in [3.8, 4) is 5.75 Å². The van der Waals surface area contributed by atoms with Crippen molar-refractivity contribution in [1.82, 2.24) is 13.8 Å². The molecule has 0 spiro atoms. The van der Waals surface area contributed by atoms with Crippen molar-refractivity contribution >= 4 is 27.0 Å². The lowest BCUT2D eigenvalue weighted by Crippen LogP contribution is -2.55. The standard InChI is InChI=1S/C27H29N3O5S/c1-19-7-9-24(10-8-19)36(32,33)30-13-12-28(17-20(30)2)26(31)25-16-22-11-14-35-27(22)29(25)18-21-5-4-6-23(15-21)34-3/h4-11,14-16,20H,12-13,17-18H2,1-3H3. The number of piperazine rings is 1. The normalized spacial score (nSPS) is 17.0. The number of aryl methyl sites for hydroxylation is 1. The molecule has 1 amide bonds. The number of furan rings is 1. The van der Waals surface area contributed by atoms with E-state index in [4.69, 9.17) is 9.15 Å². The number of sulfonamides is 1. The highest BCUT2D eigenvalue weighted by Crippen LogP contribution is 2.27. The molecule has 8 nitrogen and oxygen atoms in total. The zero-order chi connectivity index (χ0) is 25.4. The lowest BCUT2D eigenvalue weighted by atomic mass is 10.2. The number of hydrogen-bond donors (Lipinski definition) is 0. The number of methoxy groups -OCH3 is 1. The molecule has 1 unspecified atom stereocenters. The molecule has 4 aromatic rings. The summed E-state index contributed by atoms with van der Waals surface area (Å²) in [5.74, 6) is 0.589. The number of carbonyl (C=O) groups is 1. The summed E-state index contributed by atoms with van der Waals surface area (Å²) in [5.41, 5.74) is 3.10. The fraction of sp³-hybridized carbons (Fsp3) is 0.296. The van der Waals surface area contributed by atoms with E-state index < -0.39 is 10.0 Å². The third-order valence-electron chi connectivity index (χ3n) is 6.68. The van der Waals surface area contributed by atoms with Gasteiger partial charge in [-0.05, 0) is 55.8 Å². The summed E-state index contributed by atoms with van der Waals surface area (Å²) in [4.78, 5) is 15.7. The Morgan fingerprint density at radius 2 is 1.86 bits per heavy atom. The first-order chi connectivity index (χ1) is 17.3. The predicted molar refractivity (Wildman–Crippen MR) is 137 cm³/mol. The van der Waals surface area contributed by atoms with Gasteiger partial charge in [-0.1, -0.05) is 29.8 Å². The lowest BCUT2D eigenvalue weighted by Gasteiger charge is -2.39. The fourth-order valence-corrected chi connectivity index (χ4v) is 6.37. The molecule has 188 valence electrons. The maximum atomic E-state index is 13.7. The van der Waals surface area contributed by atoms with E-state index in [2.05, 4.69) is 0 Å². The number of carbonyl (C=O) groups excluding carboxylic acids is 1. The maximum absolute atomic E-state index is 13.7. The Labute approximate surface area is 210 Å². The van der Waals surface area contributed by atoms with Gasteiger partial charge in [-0.2, -0.15) is 4.31 Å². The molecular weight excluding hydrogens is 478 g/mol. The molecule has 9 heteroatoms. The number of hydrogen-bond acceptors (Lipinski definition) is 5. The molecule has 1 fully saturated rings. The van der Waals surface area contributed by atoms with Crippen molar-refractivity contribution in [1.29, 1.82) is 0 Å². The van der Waals surface area contributed by atoms with E-state index in [-0.39, 0.29) is 23.4 Å². The largest absolute Gasteiger partial charge is 0.497 e. The number of aromatic nitrogens is 1. The van der Waals surface area contributed by atoms with E-state index in [1.807, 2.05) is 54.8 Å². The molecule has 1 saturated heterocycles. The van der Waals surface area contributed by atoms with E-state index >= 15 is 0 Å². The van der Waals surface area contributed by atoms with Crippen LogP contribution < -0.4 is 4.74 Å². The van der Waals surface area contributed by atoms with Gasteiger partial charge in [0.2, 0.25) is 15.7 Å². The van der Waals surface area contributed by atoms with Crippen LogP contribution in [0.5, 0.6) is 5.75 Å². The summed E-state index contributed by atoms with van der Waals surface area (Å²) in [6.45, 7) is 5.04. The first-order valence-electron chi connectivity index (χ1n) is 11.9. The van der Waals surface area contributed by atoms with Gasteiger partial charge in [-0.3, -0.25) is 4.79 Å². The Kier molecular flexibility index (Phi) is 6.36. The topological polar surface area (TPSA) is 85.0 Å². The average Bonchev–Trinajstić information content (AvgIpc) is 3.46. The summed E-state index contributed by atoms with van der Waals surface area (Å²) in [7, 11) is -2.03. The van der Waals surface area contributed by atoms with Gasteiger partial charge in [0.1, 0.15) is 11.4 Å². The monoisotopic (exact) mass is 507 g/mol. The van der Waals surface area contributed by atoms with Crippen LogP contribution >= 0.6 is 0 Å². The first kappa shape index (κ1) is 24.1. The zero-order valence-corrected chi connectivity index (χ0v) is 21.4. The summed E-state index contributed by atoms with van der Waals surface area (Å²) >= 11 is 0. The molecule has 36 heavy (non-hydrogen) atoms. The van der Waals surface area contributed by atoms with E-state index in [1.54, 1.807) is 42.5 Å². The fourth-order valence-electron chi connectivity index (χ4n) is 4.75. The highest BCUT2D eigenvalue weighted by atomic mass is 32.2. The van der Waals surface area contributed by atoms with Crippen molar-refractivity contribution in [3.05, 3.63) is 83.7 Å². The quantitative estimate of drug-likeness (QED) is 0.392. The molecule has 0 saturated carbocycles. The first-order valence-corrected chi connectivity index (χ1v) is 13.3. The smallest absolute Gasteiger partial charge is 0.270 e. The minimum atomic E-state index is -3.65. The molecule has 0 aliphatic carbocycles. The van der Waals surface area contributed by atoms with Gasteiger partial charge in [0.05, 0.1) is 24.8 Å². The van der Waals surface area contributed by atoms with Crippen LogP contribution in [0, 0.1) is 6.92 Å². The Bertz CT molecular complexity index is 1500. The van der Waals surface area contributed by atoms with E-state index in [1.165, 1.54) is 4.31 Å². The van der Waals surface area contributed by atoms with Crippen LogP contribution in [0.15, 0.2) is 76.2 Å². The molecular formula is C27H29N3O5S. The average molecular weight is 508 g/mol. The highest BCUT2D eigenvalue weighted by Gasteiger charge is 2.36. The van der Waals surface area contributed by atoms with Crippen LogP contribution in [0.1, 0.15) is 28.5 Å².